The van der Waals surface area contributed by atoms with Crippen LogP contribution in [0, 0.1) is 0 Å². The first-order valence-corrected chi connectivity index (χ1v) is 10.6. The van der Waals surface area contributed by atoms with Gasteiger partial charge in [0.05, 0.1) is 19.1 Å². The molecule has 1 saturated heterocycles. The lowest BCUT2D eigenvalue weighted by atomic mass is 9.78. The number of nitrogens with zero attached hydrogens (tertiary/aromatic N) is 4. The molecule has 29 heavy (non-hydrogen) atoms. The molecular weight excluding hydrogens is 390 g/mol. The Balaban J connectivity index is 1.52. The van der Waals surface area contributed by atoms with Gasteiger partial charge in [0.15, 0.2) is 5.82 Å². The van der Waals surface area contributed by atoms with Crippen LogP contribution >= 0.6 is 11.6 Å². The Morgan fingerprint density at radius 2 is 1.79 bits per heavy atom. The average Bonchev–Trinajstić information content (AvgIpc) is 3.45. The lowest BCUT2D eigenvalue weighted by Crippen LogP contribution is -2.42. The lowest BCUT2D eigenvalue weighted by molar-refractivity contribution is -0.126. The number of amides is 1. The van der Waals surface area contributed by atoms with E-state index in [0.29, 0.717) is 16.8 Å². The predicted octanol–water partition coefficient (Wildman–Crippen LogP) is 3.26. The molecule has 1 saturated carbocycles. The fourth-order valence-electron chi connectivity index (χ4n) is 4.34. The van der Waals surface area contributed by atoms with Gasteiger partial charge in [-0.1, -0.05) is 36.6 Å². The van der Waals surface area contributed by atoms with Crippen molar-refractivity contribution in [3.8, 4) is 6.01 Å². The van der Waals surface area contributed by atoms with E-state index in [4.69, 9.17) is 16.3 Å². The van der Waals surface area contributed by atoms with E-state index in [1.807, 2.05) is 24.3 Å². The number of methoxy groups -OCH3 is 1. The van der Waals surface area contributed by atoms with Crippen molar-refractivity contribution in [3.63, 3.8) is 0 Å². The highest BCUT2D eigenvalue weighted by molar-refractivity contribution is 6.30. The minimum absolute atomic E-state index is 0.0134. The van der Waals surface area contributed by atoms with Gasteiger partial charge in [-0.15, -0.1) is 0 Å². The van der Waals surface area contributed by atoms with Gasteiger partial charge < -0.3 is 15.0 Å². The summed E-state index contributed by atoms with van der Waals surface area (Å²) in [4.78, 5) is 28.6. The zero-order chi connectivity index (χ0) is 20.3. The Bertz CT molecular complexity index is 862. The number of hydrogen-bond acceptors (Lipinski definition) is 6. The molecule has 1 aromatic heterocycles. The topological polar surface area (TPSA) is 80.2 Å². The Kier molecular flexibility index (Phi) is 5.85. The molecule has 2 aliphatic rings. The molecule has 2 aromatic rings. The number of hydrogen-bond donors (Lipinski definition) is 1. The third-order valence-electron chi connectivity index (χ3n) is 5.92. The molecule has 1 aromatic carbocycles. The van der Waals surface area contributed by atoms with Gasteiger partial charge in [0.2, 0.25) is 11.9 Å². The maximum atomic E-state index is 13.3. The maximum absolute atomic E-state index is 13.3. The minimum atomic E-state index is -0.514. The quantitative estimate of drug-likeness (QED) is 0.779. The summed E-state index contributed by atoms with van der Waals surface area (Å²) in [6.45, 7) is 2.10. The molecule has 1 aliphatic heterocycles. The van der Waals surface area contributed by atoms with Crippen LogP contribution in [0.5, 0.6) is 6.01 Å². The molecule has 2 heterocycles. The molecule has 1 aliphatic carbocycles. The normalized spacial score (nSPS) is 18.1. The molecule has 0 spiro atoms. The van der Waals surface area contributed by atoms with E-state index in [-0.39, 0.29) is 18.5 Å². The van der Waals surface area contributed by atoms with Crippen LogP contribution in [0.15, 0.2) is 24.3 Å². The molecule has 0 unspecified atom stereocenters. The highest BCUT2D eigenvalue weighted by Gasteiger charge is 2.42. The maximum Gasteiger partial charge on any atom is 0.321 e. The summed E-state index contributed by atoms with van der Waals surface area (Å²) in [5.74, 6) is 1.14. The van der Waals surface area contributed by atoms with E-state index < -0.39 is 5.41 Å². The van der Waals surface area contributed by atoms with Gasteiger partial charge in [-0.25, -0.2) is 0 Å². The Labute approximate surface area is 175 Å². The molecule has 1 N–H and O–H groups in total. The number of carbonyl (C=O) groups is 1. The second-order valence-electron chi connectivity index (χ2n) is 7.71. The summed E-state index contributed by atoms with van der Waals surface area (Å²) in [7, 11) is 1.54. The summed E-state index contributed by atoms with van der Waals surface area (Å²) in [5.41, 5.74) is 0.502. The van der Waals surface area contributed by atoms with E-state index in [1.165, 1.54) is 0 Å². The molecule has 8 heteroatoms. The first-order valence-electron chi connectivity index (χ1n) is 10.2. The molecule has 2 fully saturated rings. The molecule has 0 radical (unpaired) electrons. The zero-order valence-electron chi connectivity index (χ0n) is 16.7. The second kappa shape index (κ2) is 8.53. The number of ether oxygens (including phenoxy) is 1. The first-order chi connectivity index (χ1) is 14.1. The van der Waals surface area contributed by atoms with Gasteiger partial charge >= 0.3 is 6.01 Å². The van der Waals surface area contributed by atoms with Gasteiger partial charge in [-0.2, -0.15) is 15.0 Å². The average molecular weight is 416 g/mol. The molecule has 154 valence electrons. The molecule has 1 amide bonds. The largest absolute Gasteiger partial charge is 0.467 e. The van der Waals surface area contributed by atoms with Crippen molar-refractivity contribution >= 4 is 23.5 Å². The van der Waals surface area contributed by atoms with Crippen LogP contribution in [0.4, 0.5) is 5.95 Å². The van der Waals surface area contributed by atoms with Crippen LogP contribution in [0.1, 0.15) is 49.9 Å². The van der Waals surface area contributed by atoms with E-state index >= 15 is 0 Å². The van der Waals surface area contributed by atoms with Gasteiger partial charge in [-0.3, -0.25) is 4.79 Å². The van der Waals surface area contributed by atoms with E-state index in [9.17, 15) is 4.79 Å². The molecule has 7 nitrogen and oxygen atoms in total. The Hall–Kier alpha value is -2.41. The molecule has 0 bridgehead atoms. The van der Waals surface area contributed by atoms with E-state index in [0.717, 1.165) is 57.2 Å². The zero-order valence-corrected chi connectivity index (χ0v) is 17.4. The van der Waals surface area contributed by atoms with E-state index in [1.54, 1.807) is 7.11 Å². The van der Waals surface area contributed by atoms with Crippen LogP contribution in [0.2, 0.25) is 5.02 Å². The van der Waals surface area contributed by atoms with Crippen molar-refractivity contribution in [1.29, 1.82) is 0 Å². The number of benzene rings is 1. The third-order valence-corrected chi connectivity index (χ3v) is 6.17. The standard InChI is InChI=1S/C21H26ClN5O2/c1-29-20-25-17(24-19(26-20)27-12-4-5-13-27)14-23-18(28)21(10-2-3-11-21)15-6-8-16(22)9-7-15/h6-9H,2-5,10-14H2,1H3,(H,23,28). The smallest absolute Gasteiger partial charge is 0.321 e. The third kappa shape index (κ3) is 4.15. The monoisotopic (exact) mass is 415 g/mol. The fraction of sp³-hybridized carbons (Fsp3) is 0.524. The van der Waals surface area contributed by atoms with Crippen molar-refractivity contribution in [2.75, 3.05) is 25.1 Å². The van der Waals surface area contributed by atoms with Crippen molar-refractivity contribution in [2.45, 2.75) is 50.5 Å². The van der Waals surface area contributed by atoms with Gasteiger partial charge in [0, 0.05) is 18.1 Å². The van der Waals surface area contributed by atoms with E-state index in [2.05, 4.69) is 25.2 Å². The van der Waals surface area contributed by atoms with Crippen molar-refractivity contribution in [3.05, 3.63) is 40.7 Å². The SMILES string of the molecule is COc1nc(CNC(=O)C2(c3ccc(Cl)cc3)CCCC2)nc(N2CCCC2)n1. The summed E-state index contributed by atoms with van der Waals surface area (Å²) in [6.07, 6.45) is 6.00. The minimum Gasteiger partial charge on any atom is -0.467 e. The molecule has 0 atom stereocenters. The Morgan fingerprint density at radius 1 is 1.10 bits per heavy atom. The van der Waals surface area contributed by atoms with Crippen molar-refractivity contribution in [1.82, 2.24) is 20.3 Å². The predicted molar refractivity (Wildman–Crippen MR) is 111 cm³/mol. The highest BCUT2D eigenvalue weighted by Crippen LogP contribution is 2.41. The second-order valence-corrected chi connectivity index (χ2v) is 8.15. The lowest BCUT2D eigenvalue weighted by Gasteiger charge is -2.28. The summed E-state index contributed by atoms with van der Waals surface area (Å²) >= 11 is 6.04. The summed E-state index contributed by atoms with van der Waals surface area (Å²) in [5, 5.41) is 3.74. The molecular formula is C21H26ClN5O2. The summed E-state index contributed by atoms with van der Waals surface area (Å²) < 4.78 is 5.25. The van der Waals surface area contributed by atoms with Crippen LogP contribution in [0.25, 0.3) is 0 Å². The molecule has 4 rings (SSSR count). The van der Waals surface area contributed by atoms with Crippen LogP contribution in [-0.4, -0.2) is 41.1 Å². The van der Waals surface area contributed by atoms with Crippen LogP contribution < -0.4 is 15.0 Å². The van der Waals surface area contributed by atoms with Crippen LogP contribution in [-0.2, 0) is 16.8 Å². The number of aromatic nitrogens is 3. The van der Waals surface area contributed by atoms with Crippen molar-refractivity contribution < 1.29 is 9.53 Å². The van der Waals surface area contributed by atoms with Crippen LogP contribution in [0.3, 0.4) is 0 Å². The number of anilines is 1. The van der Waals surface area contributed by atoms with Gasteiger partial charge in [0.1, 0.15) is 0 Å². The highest BCUT2D eigenvalue weighted by atomic mass is 35.5. The summed E-state index contributed by atoms with van der Waals surface area (Å²) in [6, 6.07) is 7.90. The Morgan fingerprint density at radius 3 is 2.45 bits per heavy atom. The number of rotatable bonds is 6. The number of carbonyl (C=O) groups excluding carboxylic acids is 1. The van der Waals surface area contributed by atoms with Gasteiger partial charge in [-0.05, 0) is 43.4 Å². The first kappa shape index (κ1) is 19.9. The number of nitrogens with one attached hydrogen (secondary N) is 1. The fourth-order valence-corrected chi connectivity index (χ4v) is 4.46. The number of halogens is 1. The van der Waals surface area contributed by atoms with Gasteiger partial charge in [0.25, 0.3) is 0 Å². The van der Waals surface area contributed by atoms with Crippen molar-refractivity contribution in [2.24, 2.45) is 0 Å².